The summed E-state index contributed by atoms with van der Waals surface area (Å²) in [6.45, 7) is 0. The third kappa shape index (κ3) is 2.09. The highest BCUT2D eigenvalue weighted by molar-refractivity contribution is 8.00. The SMILES string of the molecule is CSc1nc2nc(-c3cccnc3)nc(C3CC3)c2s1. The average Bonchev–Trinajstić information content (AvgIpc) is 3.25. The second kappa shape index (κ2) is 4.79. The molecule has 1 fully saturated rings. The van der Waals surface area contributed by atoms with E-state index in [9.17, 15) is 0 Å². The highest BCUT2D eigenvalue weighted by atomic mass is 32.2. The van der Waals surface area contributed by atoms with E-state index in [-0.39, 0.29) is 0 Å². The van der Waals surface area contributed by atoms with Gasteiger partial charge in [-0.1, -0.05) is 11.8 Å². The molecule has 0 aromatic carbocycles. The van der Waals surface area contributed by atoms with Gasteiger partial charge in [-0.2, -0.15) is 0 Å². The molecule has 100 valence electrons. The molecule has 0 N–H and O–H groups in total. The fourth-order valence-corrected chi connectivity index (χ4v) is 3.74. The van der Waals surface area contributed by atoms with Gasteiger partial charge in [0.25, 0.3) is 0 Å². The van der Waals surface area contributed by atoms with Gasteiger partial charge in [0.05, 0.1) is 10.4 Å². The van der Waals surface area contributed by atoms with E-state index in [1.807, 2.05) is 18.4 Å². The lowest BCUT2D eigenvalue weighted by Crippen LogP contribution is -1.95. The number of thioether (sulfide) groups is 1. The molecule has 1 aliphatic carbocycles. The molecule has 20 heavy (non-hydrogen) atoms. The van der Waals surface area contributed by atoms with Gasteiger partial charge >= 0.3 is 0 Å². The van der Waals surface area contributed by atoms with Gasteiger partial charge in [-0.05, 0) is 31.2 Å². The van der Waals surface area contributed by atoms with Gasteiger partial charge in [0.2, 0.25) is 0 Å². The van der Waals surface area contributed by atoms with Crippen molar-refractivity contribution in [3.05, 3.63) is 30.2 Å². The Bertz CT molecular complexity index is 765. The van der Waals surface area contributed by atoms with E-state index in [4.69, 9.17) is 4.98 Å². The molecule has 0 radical (unpaired) electrons. The van der Waals surface area contributed by atoms with Crippen molar-refractivity contribution >= 4 is 33.4 Å². The molecule has 0 saturated heterocycles. The number of nitrogens with zero attached hydrogens (tertiary/aromatic N) is 4. The summed E-state index contributed by atoms with van der Waals surface area (Å²) in [7, 11) is 0. The van der Waals surface area contributed by atoms with E-state index in [0.29, 0.717) is 5.92 Å². The third-order valence-electron chi connectivity index (χ3n) is 3.32. The van der Waals surface area contributed by atoms with E-state index in [1.165, 1.54) is 18.5 Å². The number of fused-ring (bicyclic) bond motifs is 1. The number of hydrogen-bond donors (Lipinski definition) is 0. The van der Waals surface area contributed by atoms with Crippen LogP contribution in [-0.2, 0) is 0 Å². The molecule has 3 heterocycles. The predicted molar refractivity (Wildman–Crippen MR) is 82.2 cm³/mol. The van der Waals surface area contributed by atoms with E-state index >= 15 is 0 Å². The lowest BCUT2D eigenvalue weighted by atomic mass is 10.2. The van der Waals surface area contributed by atoms with Crippen LogP contribution < -0.4 is 0 Å². The van der Waals surface area contributed by atoms with Gasteiger partial charge in [-0.15, -0.1) is 11.3 Å². The standard InChI is InChI=1S/C14H12N4S2/c1-19-14-18-13-11(20-14)10(8-4-5-8)16-12(17-13)9-3-2-6-15-7-9/h2-3,6-8H,4-5H2,1H3. The highest BCUT2D eigenvalue weighted by Gasteiger charge is 2.29. The Hall–Kier alpha value is -1.53. The molecule has 0 unspecified atom stereocenters. The quantitative estimate of drug-likeness (QED) is 0.690. The van der Waals surface area contributed by atoms with Crippen LogP contribution in [0.15, 0.2) is 28.9 Å². The summed E-state index contributed by atoms with van der Waals surface area (Å²) >= 11 is 3.37. The Morgan fingerprint density at radius 1 is 1.25 bits per heavy atom. The normalized spacial score (nSPS) is 14.8. The van der Waals surface area contributed by atoms with Crippen LogP contribution in [0.1, 0.15) is 24.5 Å². The number of pyridine rings is 1. The minimum Gasteiger partial charge on any atom is -0.264 e. The fourth-order valence-electron chi connectivity index (χ4n) is 2.17. The second-order valence-corrected chi connectivity index (χ2v) is 6.84. The van der Waals surface area contributed by atoms with Crippen LogP contribution in [0.4, 0.5) is 0 Å². The van der Waals surface area contributed by atoms with Crippen molar-refractivity contribution < 1.29 is 0 Å². The van der Waals surface area contributed by atoms with Gasteiger partial charge in [0, 0.05) is 23.9 Å². The van der Waals surface area contributed by atoms with Gasteiger partial charge in [-0.3, -0.25) is 4.98 Å². The zero-order valence-corrected chi connectivity index (χ0v) is 12.5. The molecule has 6 heteroatoms. The maximum absolute atomic E-state index is 4.79. The molecule has 1 aliphatic rings. The first-order chi connectivity index (χ1) is 9.85. The number of hydrogen-bond acceptors (Lipinski definition) is 6. The van der Waals surface area contributed by atoms with E-state index in [1.54, 1.807) is 35.5 Å². The van der Waals surface area contributed by atoms with Gasteiger partial charge in [0.15, 0.2) is 15.8 Å². The lowest BCUT2D eigenvalue weighted by molar-refractivity contribution is 1.02. The number of aromatic nitrogens is 4. The average molecular weight is 300 g/mol. The topological polar surface area (TPSA) is 51.6 Å². The Kier molecular flexibility index (Phi) is 2.93. The molecule has 0 amide bonds. The predicted octanol–water partition coefficient (Wildman–Crippen LogP) is 3.75. The summed E-state index contributed by atoms with van der Waals surface area (Å²) in [6, 6.07) is 3.90. The summed E-state index contributed by atoms with van der Waals surface area (Å²) in [6.07, 6.45) is 8.07. The Labute approximate surface area is 124 Å². The molecule has 4 rings (SSSR count). The van der Waals surface area contributed by atoms with Crippen molar-refractivity contribution in [2.24, 2.45) is 0 Å². The van der Waals surface area contributed by atoms with Crippen molar-refractivity contribution in [1.82, 2.24) is 19.9 Å². The van der Waals surface area contributed by atoms with Gasteiger partial charge in [-0.25, -0.2) is 15.0 Å². The molecule has 0 aliphatic heterocycles. The highest BCUT2D eigenvalue weighted by Crippen LogP contribution is 2.44. The van der Waals surface area contributed by atoms with Crippen LogP contribution in [0.3, 0.4) is 0 Å². The first-order valence-corrected chi connectivity index (χ1v) is 8.52. The molecular formula is C14H12N4S2. The van der Waals surface area contributed by atoms with E-state index < -0.39 is 0 Å². The second-order valence-electron chi connectivity index (χ2n) is 4.79. The van der Waals surface area contributed by atoms with Crippen LogP contribution in [0.25, 0.3) is 21.7 Å². The molecule has 3 aromatic rings. The van der Waals surface area contributed by atoms with Crippen LogP contribution >= 0.6 is 23.1 Å². The monoisotopic (exact) mass is 300 g/mol. The molecule has 3 aromatic heterocycles. The van der Waals surface area contributed by atoms with Crippen molar-refractivity contribution in [2.45, 2.75) is 23.1 Å². The molecule has 0 spiro atoms. The summed E-state index contributed by atoms with van der Waals surface area (Å²) in [5, 5.41) is 0. The summed E-state index contributed by atoms with van der Waals surface area (Å²) in [5.41, 5.74) is 2.96. The summed E-state index contributed by atoms with van der Waals surface area (Å²) in [4.78, 5) is 18.2. The van der Waals surface area contributed by atoms with Crippen LogP contribution in [-0.4, -0.2) is 26.2 Å². The third-order valence-corrected chi connectivity index (χ3v) is 5.37. The summed E-state index contributed by atoms with van der Waals surface area (Å²) in [5.74, 6) is 1.33. The number of rotatable bonds is 3. The van der Waals surface area contributed by atoms with Crippen molar-refractivity contribution in [1.29, 1.82) is 0 Å². The maximum Gasteiger partial charge on any atom is 0.175 e. The zero-order chi connectivity index (χ0) is 13.5. The Morgan fingerprint density at radius 3 is 2.85 bits per heavy atom. The molecule has 0 bridgehead atoms. The zero-order valence-electron chi connectivity index (χ0n) is 10.9. The minimum absolute atomic E-state index is 0.589. The molecule has 4 nitrogen and oxygen atoms in total. The smallest absolute Gasteiger partial charge is 0.175 e. The van der Waals surface area contributed by atoms with Crippen LogP contribution in [0, 0.1) is 0 Å². The fraction of sp³-hybridized carbons (Fsp3) is 0.286. The van der Waals surface area contributed by atoms with Gasteiger partial charge in [0.1, 0.15) is 0 Å². The first kappa shape index (κ1) is 12.2. The Morgan fingerprint density at radius 2 is 2.15 bits per heavy atom. The minimum atomic E-state index is 0.589. The largest absolute Gasteiger partial charge is 0.264 e. The van der Waals surface area contributed by atoms with Crippen LogP contribution in [0.5, 0.6) is 0 Å². The van der Waals surface area contributed by atoms with Gasteiger partial charge < -0.3 is 0 Å². The molecule has 1 saturated carbocycles. The van der Waals surface area contributed by atoms with Crippen molar-refractivity contribution in [3.8, 4) is 11.4 Å². The summed E-state index contributed by atoms with van der Waals surface area (Å²) < 4.78 is 2.21. The Balaban J connectivity index is 1.94. The first-order valence-electron chi connectivity index (χ1n) is 6.48. The maximum atomic E-state index is 4.79. The molecule has 0 atom stereocenters. The lowest BCUT2D eigenvalue weighted by Gasteiger charge is -2.03. The van der Waals surface area contributed by atoms with Crippen molar-refractivity contribution in [2.75, 3.05) is 6.26 Å². The van der Waals surface area contributed by atoms with E-state index in [0.717, 1.165) is 26.1 Å². The number of thiazole rings is 1. The van der Waals surface area contributed by atoms with Crippen LogP contribution in [0.2, 0.25) is 0 Å². The van der Waals surface area contributed by atoms with E-state index in [2.05, 4.69) is 15.0 Å². The van der Waals surface area contributed by atoms with Crippen molar-refractivity contribution in [3.63, 3.8) is 0 Å². The molecular weight excluding hydrogens is 288 g/mol.